The highest BCUT2D eigenvalue weighted by atomic mass is 35.5. The van der Waals surface area contributed by atoms with Gasteiger partial charge in [0.15, 0.2) is 0 Å². The van der Waals surface area contributed by atoms with E-state index in [9.17, 15) is 9.00 Å². The van der Waals surface area contributed by atoms with Gasteiger partial charge in [-0.2, -0.15) is 0 Å². The van der Waals surface area contributed by atoms with E-state index in [0.29, 0.717) is 16.7 Å². The highest BCUT2D eigenvalue weighted by Crippen LogP contribution is 2.34. The SMILES string of the molecule is CC1CCC(S(=O)c2ccc(Cl)c(C(=O)O)c2)CC1C. The number of aromatic carboxylic acids is 1. The van der Waals surface area contributed by atoms with Gasteiger partial charge in [0.2, 0.25) is 0 Å². The molecule has 0 saturated heterocycles. The third kappa shape index (κ3) is 3.23. The Hall–Kier alpha value is -0.870. The van der Waals surface area contributed by atoms with Crippen molar-refractivity contribution in [2.24, 2.45) is 11.8 Å². The highest BCUT2D eigenvalue weighted by Gasteiger charge is 2.29. The summed E-state index contributed by atoms with van der Waals surface area (Å²) in [5.41, 5.74) is 0.0229. The first-order valence-electron chi connectivity index (χ1n) is 6.83. The predicted molar refractivity (Wildman–Crippen MR) is 80.8 cm³/mol. The lowest BCUT2D eigenvalue weighted by Crippen LogP contribution is -2.28. The maximum Gasteiger partial charge on any atom is 0.337 e. The van der Waals surface area contributed by atoms with Crippen molar-refractivity contribution >= 4 is 28.4 Å². The first-order chi connectivity index (χ1) is 9.40. The molecule has 1 aliphatic rings. The summed E-state index contributed by atoms with van der Waals surface area (Å²) in [5, 5.41) is 9.37. The normalized spacial score (nSPS) is 28.1. The van der Waals surface area contributed by atoms with Gasteiger partial charge in [-0.1, -0.05) is 25.4 Å². The molecule has 0 radical (unpaired) electrons. The zero-order chi connectivity index (χ0) is 14.9. The van der Waals surface area contributed by atoms with Crippen molar-refractivity contribution in [1.29, 1.82) is 0 Å². The average Bonchev–Trinajstić information content (AvgIpc) is 2.41. The fraction of sp³-hybridized carbons (Fsp3) is 0.533. The van der Waals surface area contributed by atoms with E-state index in [-0.39, 0.29) is 15.8 Å². The molecule has 0 aromatic heterocycles. The molecule has 0 bridgehead atoms. The molecule has 4 unspecified atom stereocenters. The molecule has 1 aliphatic carbocycles. The van der Waals surface area contributed by atoms with Gasteiger partial charge in [0.1, 0.15) is 0 Å². The molecule has 0 heterocycles. The van der Waals surface area contributed by atoms with Crippen LogP contribution in [-0.4, -0.2) is 20.5 Å². The summed E-state index contributed by atoms with van der Waals surface area (Å²) in [6, 6.07) is 4.64. The fourth-order valence-corrected chi connectivity index (χ4v) is 4.53. The van der Waals surface area contributed by atoms with E-state index in [0.717, 1.165) is 19.3 Å². The van der Waals surface area contributed by atoms with Crippen LogP contribution in [0.4, 0.5) is 0 Å². The second-order valence-electron chi connectivity index (χ2n) is 5.63. The van der Waals surface area contributed by atoms with Crippen molar-refractivity contribution in [3.8, 4) is 0 Å². The molecule has 1 fully saturated rings. The average molecular weight is 315 g/mol. The Morgan fingerprint density at radius 3 is 2.60 bits per heavy atom. The molecular weight excluding hydrogens is 296 g/mol. The lowest BCUT2D eigenvalue weighted by atomic mass is 9.81. The van der Waals surface area contributed by atoms with Gasteiger partial charge in [-0.25, -0.2) is 4.79 Å². The van der Waals surface area contributed by atoms with E-state index in [1.165, 1.54) is 12.1 Å². The van der Waals surface area contributed by atoms with Crippen molar-refractivity contribution in [2.45, 2.75) is 43.3 Å². The molecular formula is C15H19ClO3S. The zero-order valence-corrected chi connectivity index (χ0v) is 13.2. The number of hydrogen-bond acceptors (Lipinski definition) is 2. The lowest BCUT2D eigenvalue weighted by Gasteiger charge is -2.31. The van der Waals surface area contributed by atoms with E-state index < -0.39 is 16.8 Å². The van der Waals surface area contributed by atoms with E-state index in [4.69, 9.17) is 16.7 Å². The van der Waals surface area contributed by atoms with Gasteiger partial charge >= 0.3 is 5.97 Å². The van der Waals surface area contributed by atoms with Crippen molar-refractivity contribution in [2.75, 3.05) is 0 Å². The standard InChI is InChI=1S/C15H19ClO3S/c1-9-3-4-11(7-10(9)2)20(19)12-5-6-14(16)13(8-12)15(17)18/h5-6,8-11H,3-4,7H2,1-2H3,(H,17,18). The third-order valence-electron chi connectivity index (χ3n) is 4.25. The third-order valence-corrected chi connectivity index (χ3v) is 6.34. The minimum Gasteiger partial charge on any atom is -0.478 e. The maximum absolute atomic E-state index is 12.6. The van der Waals surface area contributed by atoms with Crippen LogP contribution >= 0.6 is 11.6 Å². The molecule has 1 saturated carbocycles. The number of rotatable bonds is 3. The summed E-state index contributed by atoms with van der Waals surface area (Å²) in [6.45, 7) is 4.42. The fourth-order valence-electron chi connectivity index (χ4n) is 2.68. The van der Waals surface area contributed by atoms with Crippen LogP contribution in [0.15, 0.2) is 23.1 Å². The summed E-state index contributed by atoms with van der Waals surface area (Å²) in [7, 11) is -1.16. The van der Waals surface area contributed by atoms with Crippen LogP contribution in [0.2, 0.25) is 5.02 Å². The first-order valence-corrected chi connectivity index (χ1v) is 8.42. The van der Waals surface area contributed by atoms with Gasteiger partial charge in [0, 0.05) is 10.1 Å². The van der Waals surface area contributed by atoms with Gasteiger partial charge < -0.3 is 5.11 Å². The second-order valence-corrected chi connectivity index (χ2v) is 7.77. The molecule has 110 valence electrons. The first kappa shape index (κ1) is 15.5. The van der Waals surface area contributed by atoms with Gasteiger partial charge in [-0.05, 0) is 49.3 Å². The summed E-state index contributed by atoms with van der Waals surface area (Å²) in [5.74, 6) is 0.145. The van der Waals surface area contributed by atoms with E-state index in [1.54, 1.807) is 6.07 Å². The van der Waals surface area contributed by atoms with Gasteiger partial charge in [0.25, 0.3) is 0 Å². The Morgan fingerprint density at radius 1 is 1.30 bits per heavy atom. The van der Waals surface area contributed by atoms with Crippen molar-refractivity contribution in [3.63, 3.8) is 0 Å². The van der Waals surface area contributed by atoms with Crippen LogP contribution in [-0.2, 0) is 10.8 Å². The van der Waals surface area contributed by atoms with Crippen LogP contribution in [0.3, 0.4) is 0 Å². The van der Waals surface area contributed by atoms with Crippen LogP contribution in [0.1, 0.15) is 43.5 Å². The highest BCUT2D eigenvalue weighted by molar-refractivity contribution is 7.85. The van der Waals surface area contributed by atoms with E-state index in [1.807, 2.05) is 0 Å². The molecule has 5 heteroatoms. The summed E-state index contributed by atoms with van der Waals surface area (Å²) in [6.07, 6.45) is 2.94. The number of carboxylic acids is 1. The van der Waals surface area contributed by atoms with Crippen molar-refractivity contribution in [3.05, 3.63) is 28.8 Å². The molecule has 1 N–H and O–H groups in total. The number of halogens is 1. The quantitative estimate of drug-likeness (QED) is 0.918. The van der Waals surface area contributed by atoms with Crippen LogP contribution in [0, 0.1) is 11.8 Å². The number of carboxylic acid groups (broad SMARTS) is 1. The molecule has 2 rings (SSSR count). The molecule has 1 aromatic carbocycles. The van der Waals surface area contributed by atoms with Crippen LogP contribution in [0.25, 0.3) is 0 Å². The molecule has 20 heavy (non-hydrogen) atoms. The lowest BCUT2D eigenvalue weighted by molar-refractivity contribution is 0.0697. The molecule has 3 nitrogen and oxygen atoms in total. The smallest absolute Gasteiger partial charge is 0.337 e. The Bertz CT molecular complexity index is 544. The number of carbonyl (C=O) groups is 1. The van der Waals surface area contributed by atoms with Crippen molar-refractivity contribution < 1.29 is 14.1 Å². The van der Waals surface area contributed by atoms with Gasteiger partial charge in [-0.15, -0.1) is 0 Å². The molecule has 4 atom stereocenters. The Balaban J connectivity index is 2.21. The number of benzene rings is 1. The van der Waals surface area contributed by atoms with Gasteiger partial charge in [0.05, 0.1) is 21.4 Å². The molecule has 0 amide bonds. The number of hydrogen-bond donors (Lipinski definition) is 1. The largest absolute Gasteiger partial charge is 0.478 e. The second kappa shape index (κ2) is 6.27. The van der Waals surface area contributed by atoms with E-state index in [2.05, 4.69) is 13.8 Å². The zero-order valence-electron chi connectivity index (χ0n) is 11.6. The maximum atomic E-state index is 12.6. The molecule has 1 aromatic rings. The van der Waals surface area contributed by atoms with Gasteiger partial charge in [-0.3, -0.25) is 4.21 Å². The molecule has 0 spiro atoms. The minimum atomic E-state index is -1.16. The Morgan fingerprint density at radius 2 is 2.00 bits per heavy atom. The van der Waals surface area contributed by atoms with Crippen LogP contribution < -0.4 is 0 Å². The monoisotopic (exact) mass is 314 g/mol. The van der Waals surface area contributed by atoms with Crippen LogP contribution in [0.5, 0.6) is 0 Å². The topological polar surface area (TPSA) is 54.4 Å². The summed E-state index contributed by atoms with van der Waals surface area (Å²) >= 11 is 5.84. The minimum absolute atomic E-state index is 0.0229. The predicted octanol–water partition coefficient (Wildman–Crippen LogP) is 3.97. The Labute approximate surface area is 126 Å². The van der Waals surface area contributed by atoms with E-state index >= 15 is 0 Å². The van der Waals surface area contributed by atoms with Crippen molar-refractivity contribution in [1.82, 2.24) is 0 Å². The summed E-state index contributed by atoms with van der Waals surface area (Å²) in [4.78, 5) is 11.7. The molecule has 0 aliphatic heterocycles. The Kier molecular flexibility index (Phi) is 4.86. The summed E-state index contributed by atoms with van der Waals surface area (Å²) < 4.78 is 12.6.